The van der Waals surface area contributed by atoms with Crippen molar-refractivity contribution < 1.29 is 4.79 Å². The lowest BCUT2D eigenvalue weighted by Gasteiger charge is -2.06. The van der Waals surface area contributed by atoms with Gasteiger partial charge in [0.1, 0.15) is 5.69 Å². The maximum Gasteiger partial charge on any atom is 0.255 e. The number of aromatic nitrogens is 2. The molecule has 1 amide bonds. The standard InChI is InChI=1S/C15H19ClN4O.ClH/c1-20-10-12(15(21)18-9-5-4-8-17)14(19-20)11-6-2-3-7-13(11)16;/h2-3,6-7,10H,4-5,8-9,17H2,1H3,(H,18,21);1H. The molecule has 1 aromatic carbocycles. The van der Waals surface area contributed by atoms with Crippen LogP contribution in [-0.2, 0) is 7.05 Å². The van der Waals surface area contributed by atoms with Gasteiger partial charge in [-0.2, -0.15) is 5.10 Å². The zero-order valence-corrected chi connectivity index (χ0v) is 14.0. The second-order valence-electron chi connectivity index (χ2n) is 4.80. The van der Waals surface area contributed by atoms with Gasteiger partial charge in [-0.15, -0.1) is 12.4 Å². The van der Waals surface area contributed by atoms with Crippen LogP contribution in [0, 0.1) is 0 Å². The number of amides is 1. The van der Waals surface area contributed by atoms with E-state index in [1.807, 2.05) is 18.2 Å². The highest BCUT2D eigenvalue weighted by Crippen LogP contribution is 2.28. The first-order chi connectivity index (χ1) is 10.1. The molecule has 0 saturated heterocycles. The molecule has 3 N–H and O–H groups in total. The first kappa shape index (κ1) is 18.5. The van der Waals surface area contributed by atoms with Crippen LogP contribution in [0.25, 0.3) is 11.3 Å². The van der Waals surface area contributed by atoms with Gasteiger partial charge in [-0.05, 0) is 25.5 Å². The lowest BCUT2D eigenvalue weighted by molar-refractivity contribution is 0.0953. The highest BCUT2D eigenvalue weighted by Gasteiger charge is 2.18. The zero-order chi connectivity index (χ0) is 15.2. The van der Waals surface area contributed by atoms with E-state index in [2.05, 4.69) is 10.4 Å². The molecule has 120 valence electrons. The van der Waals surface area contributed by atoms with E-state index in [1.165, 1.54) is 0 Å². The molecule has 2 aromatic rings. The van der Waals surface area contributed by atoms with Gasteiger partial charge in [-0.25, -0.2) is 0 Å². The van der Waals surface area contributed by atoms with Gasteiger partial charge in [0.05, 0.1) is 10.6 Å². The molecule has 0 unspecified atom stereocenters. The molecule has 1 aromatic heterocycles. The predicted molar refractivity (Wildman–Crippen MR) is 91.5 cm³/mol. The number of unbranched alkanes of at least 4 members (excludes halogenated alkanes) is 1. The molecule has 2 rings (SSSR count). The second kappa shape index (κ2) is 8.78. The third-order valence-electron chi connectivity index (χ3n) is 3.12. The summed E-state index contributed by atoms with van der Waals surface area (Å²) < 4.78 is 1.62. The number of nitrogens with two attached hydrogens (primary N) is 1. The Kier molecular flexibility index (Phi) is 7.38. The van der Waals surface area contributed by atoms with Gasteiger partial charge in [0, 0.05) is 25.4 Å². The van der Waals surface area contributed by atoms with Crippen molar-refractivity contribution in [3.8, 4) is 11.3 Å². The molecule has 1 heterocycles. The van der Waals surface area contributed by atoms with Crippen LogP contribution >= 0.6 is 24.0 Å². The number of carbonyl (C=O) groups is 1. The summed E-state index contributed by atoms with van der Waals surface area (Å²) in [5.74, 6) is -0.143. The van der Waals surface area contributed by atoms with Crippen molar-refractivity contribution in [2.75, 3.05) is 13.1 Å². The summed E-state index contributed by atoms with van der Waals surface area (Å²) in [4.78, 5) is 12.3. The van der Waals surface area contributed by atoms with Gasteiger partial charge in [0.15, 0.2) is 0 Å². The Morgan fingerprint density at radius 2 is 2.09 bits per heavy atom. The molecular weight excluding hydrogens is 323 g/mol. The zero-order valence-electron chi connectivity index (χ0n) is 12.4. The molecule has 0 bridgehead atoms. The van der Waals surface area contributed by atoms with Crippen LogP contribution in [0.3, 0.4) is 0 Å². The minimum absolute atomic E-state index is 0. The van der Waals surface area contributed by atoms with Gasteiger partial charge in [0.25, 0.3) is 5.91 Å². The molecule has 0 radical (unpaired) electrons. The van der Waals surface area contributed by atoms with Crippen LogP contribution < -0.4 is 11.1 Å². The summed E-state index contributed by atoms with van der Waals surface area (Å²) in [5.41, 5.74) is 7.32. The van der Waals surface area contributed by atoms with E-state index in [0.29, 0.717) is 29.4 Å². The van der Waals surface area contributed by atoms with E-state index >= 15 is 0 Å². The smallest absolute Gasteiger partial charge is 0.255 e. The van der Waals surface area contributed by atoms with E-state index in [9.17, 15) is 4.79 Å². The summed E-state index contributed by atoms with van der Waals surface area (Å²) in [6.07, 6.45) is 3.46. The Balaban J connectivity index is 0.00000242. The van der Waals surface area contributed by atoms with E-state index < -0.39 is 0 Å². The third-order valence-corrected chi connectivity index (χ3v) is 3.45. The van der Waals surface area contributed by atoms with E-state index in [-0.39, 0.29) is 18.3 Å². The van der Waals surface area contributed by atoms with Crippen molar-refractivity contribution in [1.29, 1.82) is 0 Å². The SMILES string of the molecule is Cl.Cn1cc(C(=O)NCCCCN)c(-c2ccccc2Cl)n1. The quantitative estimate of drug-likeness (QED) is 0.792. The van der Waals surface area contributed by atoms with Crippen molar-refractivity contribution in [2.24, 2.45) is 12.8 Å². The number of benzene rings is 1. The largest absolute Gasteiger partial charge is 0.352 e. The van der Waals surface area contributed by atoms with Gasteiger partial charge < -0.3 is 11.1 Å². The van der Waals surface area contributed by atoms with Crippen molar-refractivity contribution >= 4 is 29.9 Å². The van der Waals surface area contributed by atoms with Crippen LogP contribution in [0.5, 0.6) is 0 Å². The Morgan fingerprint density at radius 3 is 2.77 bits per heavy atom. The average molecular weight is 343 g/mol. The Morgan fingerprint density at radius 1 is 1.36 bits per heavy atom. The summed E-state index contributed by atoms with van der Waals surface area (Å²) in [6, 6.07) is 7.37. The molecule has 0 aliphatic carbocycles. The molecule has 0 spiro atoms. The molecule has 5 nitrogen and oxygen atoms in total. The number of aryl methyl sites for hydroxylation is 1. The van der Waals surface area contributed by atoms with Crippen molar-refractivity contribution in [3.05, 3.63) is 41.0 Å². The molecule has 0 atom stereocenters. The van der Waals surface area contributed by atoms with Crippen LogP contribution in [0.15, 0.2) is 30.5 Å². The molecule has 22 heavy (non-hydrogen) atoms. The maximum atomic E-state index is 12.3. The van der Waals surface area contributed by atoms with E-state index in [4.69, 9.17) is 17.3 Å². The fourth-order valence-corrected chi connectivity index (χ4v) is 2.30. The minimum atomic E-state index is -0.143. The van der Waals surface area contributed by atoms with Crippen LogP contribution in [0.1, 0.15) is 23.2 Å². The van der Waals surface area contributed by atoms with Gasteiger partial charge in [-0.1, -0.05) is 29.8 Å². The topological polar surface area (TPSA) is 72.9 Å². The number of rotatable bonds is 6. The summed E-state index contributed by atoms with van der Waals surface area (Å²) in [5, 5.41) is 7.82. The lowest BCUT2D eigenvalue weighted by Crippen LogP contribution is -2.25. The Bertz CT molecular complexity index is 628. The summed E-state index contributed by atoms with van der Waals surface area (Å²) >= 11 is 6.20. The van der Waals surface area contributed by atoms with Gasteiger partial charge in [-0.3, -0.25) is 9.48 Å². The molecule has 0 saturated carbocycles. The number of hydrogen-bond donors (Lipinski definition) is 2. The molecule has 0 aliphatic rings. The molecule has 0 fully saturated rings. The highest BCUT2D eigenvalue weighted by molar-refractivity contribution is 6.33. The lowest BCUT2D eigenvalue weighted by atomic mass is 10.1. The number of nitrogens with zero attached hydrogens (tertiary/aromatic N) is 2. The average Bonchev–Trinajstić information content (AvgIpc) is 2.86. The van der Waals surface area contributed by atoms with E-state index in [1.54, 1.807) is 24.0 Å². The fourth-order valence-electron chi connectivity index (χ4n) is 2.07. The number of hydrogen-bond acceptors (Lipinski definition) is 3. The van der Waals surface area contributed by atoms with Gasteiger partial charge >= 0.3 is 0 Å². The van der Waals surface area contributed by atoms with E-state index in [0.717, 1.165) is 18.4 Å². The van der Waals surface area contributed by atoms with Crippen LogP contribution in [-0.4, -0.2) is 28.8 Å². The Hall–Kier alpha value is -1.56. The minimum Gasteiger partial charge on any atom is -0.352 e. The molecule has 7 heteroatoms. The predicted octanol–water partition coefficient (Wildman–Crippen LogP) is 2.63. The van der Waals surface area contributed by atoms with Crippen molar-refractivity contribution in [2.45, 2.75) is 12.8 Å². The summed E-state index contributed by atoms with van der Waals surface area (Å²) in [6.45, 7) is 1.24. The van der Waals surface area contributed by atoms with Crippen LogP contribution in [0.4, 0.5) is 0 Å². The maximum absolute atomic E-state index is 12.3. The number of halogens is 2. The number of nitrogens with one attached hydrogen (secondary N) is 1. The van der Waals surface area contributed by atoms with Crippen molar-refractivity contribution in [1.82, 2.24) is 15.1 Å². The summed E-state index contributed by atoms with van der Waals surface area (Å²) in [7, 11) is 1.78. The van der Waals surface area contributed by atoms with Crippen LogP contribution in [0.2, 0.25) is 5.02 Å². The first-order valence-corrected chi connectivity index (χ1v) is 7.28. The normalized spacial score (nSPS) is 10.1. The third kappa shape index (κ3) is 4.47. The van der Waals surface area contributed by atoms with Gasteiger partial charge in [0.2, 0.25) is 0 Å². The molecule has 0 aliphatic heterocycles. The monoisotopic (exact) mass is 342 g/mol. The molecular formula is C15H20Cl2N4O. The second-order valence-corrected chi connectivity index (χ2v) is 5.20. The first-order valence-electron chi connectivity index (χ1n) is 6.90. The number of carbonyl (C=O) groups excluding carboxylic acids is 1. The highest BCUT2D eigenvalue weighted by atomic mass is 35.5. The van der Waals surface area contributed by atoms with Crippen molar-refractivity contribution in [3.63, 3.8) is 0 Å². The Labute approximate surface area is 141 Å². The fraction of sp³-hybridized carbons (Fsp3) is 0.333.